The van der Waals surface area contributed by atoms with Gasteiger partial charge in [0.15, 0.2) is 5.58 Å². The molecule has 3 heterocycles. The van der Waals surface area contributed by atoms with Crippen molar-refractivity contribution >= 4 is 61.1 Å². The first-order valence-corrected chi connectivity index (χ1v) is 15.4. The molecule has 0 fully saturated rings. The first-order chi connectivity index (χ1) is 19.3. The van der Waals surface area contributed by atoms with Crippen molar-refractivity contribution in [3.05, 3.63) is 75.5 Å². The summed E-state index contributed by atoms with van der Waals surface area (Å²) >= 11 is 7.31. The van der Waals surface area contributed by atoms with Gasteiger partial charge >= 0.3 is 11.8 Å². The molecule has 1 unspecified atom stereocenters. The number of oxazole rings is 1. The number of hydrogen-bond acceptors (Lipinski definition) is 9. The molecule has 0 aliphatic carbocycles. The van der Waals surface area contributed by atoms with E-state index in [4.69, 9.17) is 20.8 Å². The van der Waals surface area contributed by atoms with Crippen LogP contribution in [-0.2, 0) is 14.8 Å². The predicted molar refractivity (Wildman–Crippen MR) is 157 cm³/mol. The molecule has 1 N–H and O–H groups in total. The summed E-state index contributed by atoms with van der Waals surface area (Å²) in [5, 5.41) is -0.00146. The van der Waals surface area contributed by atoms with Gasteiger partial charge in [-0.15, -0.1) is 0 Å². The van der Waals surface area contributed by atoms with Crippen molar-refractivity contribution in [3.8, 4) is 0 Å². The van der Waals surface area contributed by atoms with Crippen LogP contribution in [0, 0.1) is 0 Å². The first kappa shape index (κ1) is 28.8. The minimum atomic E-state index is -4.11. The van der Waals surface area contributed by atoms with Crippen molar-refractivity contribution in [2.45, 2.75) is 50.7 Å². The Labute approximate surface area is 245 Å². The summed E-state index contributed by atoms with van der Waals surface area (Å²) in [5.74, 6) is -0.654. The number of benzene rings is 2. The number of nitrogens with zero attached hydrogens (tertiary/aromatic N) is 4. The minimum absolute atomic E-state index is 0.0752. The number of aromatic nitrogens is 3. The number of rotatable bonds is 6. The van der Waals surface area contributed by atoms with E-state index in [9.17, 15) is 18.0 Å². The number of anilines is 1. The molecule has 0 bridgehead atoms. The van der Waals surface area contributed by atoms with E-state index in [1.54, 1.807) is 4.90 Å². The van der Waals surface area contributed by atoms with Gasteiger partial charge in [0.1, 0.15) is 16.8 Å². The lowest BCUT2D eigenvalue weighted by Gasteiger charge is -2.30. The Morgan fingerprint density at radius 3 is 2.66 bits per heavy atom. The maximum atomic E-state index is 13.1. The molecule has 1 aliphatic heterocycles. The summed E-state index contributed by atoms with van der Waals surface area (Å²) in [6.07, 6.45) is 3.47. The van der Waals surface area contributed by atoms with Gasteiger partial charge in [0.05, 0.1) is 16.6 Å². The van der Waals surface area contributed by atoms with Crippen LogP contribution in [0.2, 0.25) is 5.02 Å². The second-order valence-electron chi connectivity index (χ2n) is 10.5. The van der Waals surface area contributed by atoms with Gasteiger partial charge in [-0.1, -0.05) is 41.9 Å². The number of sulfonamides is 1. The van der Waals surface area contributed by atoms with E-state index < -0.39 is 27.4 Å². The molecule has 5 rings (SSSR count). The van der Waals surface area contributed by atoms with Crippen molar-refractivity contribution in [1.29, 1.82) is 0 Å². The van der Waals surface area contributed by atoms with Gasteiger partial charge in [-0.3, -0.25) is 9.29 Å². The molecular weight excluding hydrogens is 590 g/mol. The van der Waals surface area contributed by atoms with Crippen LogP contribution in [0.25, 0.3) is 16.7 Å². The van der Waals surface area contributed by atoms with Gasteiger partial charge < -0.3 is 14.1 Å². The number of carbonyl (C=O) groups excluding carboxylic acids is 1. The highest BCUT2D eigenvalue weighted by molar-refractivity contribution is 7.93. The van der Waals surface area contributed by atoms with Crippen molar-refractivity contribution < 1.29 is 22.4 Å². The molecule has 1 atom stereocenters. The highest BCUT2D eigenvalue weighted by Crippen LogP contribution is 2.34. The second kappa shape index (κ2) is 11.0. The lowest BCUT2D eigenvalue weighted by atomic mass is 9.92. The third kappa shape index (κ3) is 6.02. The Kier molecular flexibility index (Phi) is 7.70. The van der Waals surface area contributed by atoms with Gasteiger partial charge in [0.25, 0.3) is 10.0 Å². The van der Waals surface area contributed by atoms with Gasteiger partial charge in [0.2, 0.25) is 5.13 Å². The molecule has 14 heteroatoms. The molecule has 0 saturated carbocycles. The monoisotopic (exact) mass is 617 g/mol. The SMILES string of the molecule is CC(c1ccccc1C1=CCN(C(=O)OC(C)(C)C)CC1)n1c(=O)oc2cc(S(=O)(=O)Nc3ncns3)c(Cl)cc21. The molecule has 216 valence electrons. The number of fused-ring (bicyclic) bond motifs is 1. The van der Waals surface area contributed by atoms with Crippen molar-refractivity contribution in [2.24, 2.45) is 0 Å². The van der Waals surface area contributed by atoms with Gasteiger partial charge in [0, 0.05) is 30.7 Å². The zero-order valence-corrected chi connectivity index (χ0v) is 25.1. The topological polar surface area (TPSA) is 137 Å². The zero-order chi connectivity index (χ0) is 29.5. The Morgan fingerprint density at radius 2 is 2.00 bits per heavy atom. The number of nitrogens with one attached hydrogen (secondary N) is 1. The van der Waals surface area contributed by atoms with E-state index in [0.717, 1.165) is 28.2 Å². The zero-order valence-electron chi connectivity index (χ0n) is 22.8. The van der Waals surface area contributed by atoms with E-state index in [2.05, 4.69) is 14.1 Å². The molecule has 1 aliphatic rings. The highest BCUT2D eigenvalue weighted by Gasteiger charge is 2.27. The quantitative estimate of drug-likeness (QED) is 0.298. The van der Waals surface area contributed by atoms with E-state index in [1.807, 2.05) is 58.0 Å². The average molecular weight is 618 g/mol. The Bertz CT molecular complexity index is 1810. The van der Waals surface area contributed by atoms with Crippen LogP contribution in [0.5, 0.6) is 0 Å². The normalized spacial score (nSPS) is 15.0. The number of carbonyl (C=O) groups is 1. The fourth-order valence-electron chi connectivity index (χ4n) is 4.70. The van der Waals surface area contributed by atoms with E-state index >= 15 is 0 Å². The fraction of sp³-hybridized carbons (Fsp3) is 0.333. The summed E-state index contributed by atoms with van der Waals surface area (Å²) in [7, 11) is -4.11. The van der Waals surface area contributed by atoms with Crippen molar-refractivity contribution in [2.75, 3.05) is 17.8 Å². The molecule has 0 spiro atoms. The van der Waals surface area contributed by atoms with E-state index in [-0.39, 0.29) is 26.7 Å². The molecule has 1 amide bonds. The lowest BCUT2D eigenvalue weighted by Crippen LogP contribution is -2.39. The summed E-state index contributed by atoms with van der Waals surface area (Å²) in [6, 6.07) is 9.87. The molecular formula is C27H28ClN5O6S2. The third-order valence-corrected chi connectivity index (χ3v) is 9.06. The molecule has 2 aromatic carbocycles. The maximum Gasteiger partial charge on any atom is 0.420 e. The van der Waals surface area contributed by atoms with Crippen molar-refractivity contribution in [3.63, 3.8) is 0 Å². The van der Waals surface area contributed by atoms with Gasteiger partial charge in [-0.05, 0) is 56.9 Å². The Morgan fingerprint density at radius 1 is 1.24 bits per heavy atom. The van der Waals surface area contributed by atoms with Crippen LogP contribution < -0.4 is 10.5 Å². The van der Waals surface area contributed by atoms with E-state index in [1.165, 1.54) is 23.0 Å². The smallest absolute Gasteiger partial charge is 0.420 e. The fourth-order valence-corrected chi connectivity index (χ4v) is 6.89. The number of halogens is 1. The molecule has 11 nitrogen and oxygen atoms in total. The van der Waals surface area contributed by atoms with Gasteiger partial charge in [-0.25, -0.2) is 23.0 Å². The summed E-state index contributed by atoms with van der Waals surface area (Å²) < 4.78 is 44.4. The summed E-state index contributed by atoms with van der Waals surface area (Å²) in [6.45, 7) is 8.26. The molecule has 2 aromatic heterocycles. The van der Waals surface area contributed by atoms with Crippen molar-refractivity contribution in [1.82, 2.24) is 18.8 Å². The number of ether oxygens (including phenoxy) is 1. The van der Waals surface area contributed by atoms with Crippen LogP contribution in [0.1, 0.15) is 51.3 Å². The summed E-state index contributed by atoms with van der Waals surface area (Å²) in [5.41, 5.74) is 2.70. The number of hydrogen-bond donors (Lipinski definition) is 1. The lowest BCUT2D eigenvalue weighted by molar-refractivity contribution is 0.0270. The van der Waals surface area contributed by atoms with Crippen LogP contribution in [0.15, 0.2) is 62.9 Å². The minimum Gasteiger partial charge on any atom is -0.444 e. The standard InChI is InChI=1S/C27H28ClN5O6S2/c1-16(18-7-5-6-8-19(18)17-9-11-32(12-10-17)25(34)39-27(2,3)4)33-21-13-20(28)23(14-22(21)38-26(33)35)41(36,37)31-24-29-15-30-40-24/h5-9,13-16H,10-12H2,1-4H3,(H,29,30,31). The Balaban J connectivity index is 1.47. The molecule has 4 aromatic rings. The molecule has 0 saturated heterocycles. The van der Waals surface area contributed by atoms with Crippen LogP contribution in [-0.4, -0.2) is 52.0 Å². The number of amides is 1. The highest BCUT2D eigenvalue weighted by atomic mass is 35.5. The second-order valence-corrected chi connectivity index (χ2v) is 13.3. The van der Waals surface area contributed by atoms with Crippen LogP contribution in [0.4, 0.5) is 9.93 Å². The average Bonchev–Trinajstić information content (AvgIpc) is 3.53. The largest absolute Gasteiger partial charge is 0.444 e. The third-order valence-electron chi connectivity index (χ3n) is 6.54. The Hall–Kier alpha value is -3.68. The van der Waals surface area contributed by atoms with Crippen LogP contribution >= 0.6 is 23.1 Å². The summed E-state index contributed by atoms with van der Waals surface area (Å²) in [4.78, 5) is 30.8. The predicted octanol–water partition coefficient (Wildman–Crippen LogP) is 5.53. The first-order valence-electron chi connectivity index (χ1n) is 12.7. The van der Waals surface area contributed by atoms with Gasteiger partial charge in [-0.2, -0.15) is 4.37 Å². The van der Waals surface area contributed by atoms with Crippen LogP contribution in [0.3, 0.4) is 0 Å². The van der Waals surface area contributed by atoms with E-state index in [0.29, 0.717) is 25.0 Å². The maximum absolute atomic E-state index is 13.1. The molecule has 41 heavy (non-hydrogen) atoms. The molecule has 0 radical (unpaired) electrons.